The maximum absolute atomic E-state index is 10.8. The third-order valence-corrected chi connectivity index (χ3v) is 2.30. The summed E-state index contributed by atoms with van der Waals surface area (Å²) in [6.07, 6.45) is 1.52. The lowest BCUT2D eigenvalue weighted by molar-refractivity contribution is -0.384. The lowest BCUT2D eigenvalue weighted by Gasteiger charge is -2.05. The summed E-state index contributed by atoms with van der Waals surface area (Å²) in [5.41, 5.74) is 1.87. The van der Waals surface area contributed by atoms with Crippen LogP contribution in [-0.2, 0) is 0 Å². The van der Waals surface area contributed by atoms with Crippen molar-refractivity contribution in [2.45, 2.75) is 6.92 Å². The first-order chi connectivity index (χ1) is 8.16. The fraction of sp³-hybridized carbons (Fsp3) is 0.0833. The van der Waals surface area contributed by atoms with Gasteiger partial charge in [0.05, 0.1) is 4.92 Å². The molecule has 6 heteroatoms. The first kappa shape index (κ1) is 13.9. The zero-order valence-corrected chi connectivity index (χ0v) is 10.5. The fourth-order valence-electron chi connectivity index (χ4n) is 1.41. The van der Waals surface area contributed by atoms with E-state index in [-0.39, 0.29) is 23.9 Å². The van der Waals surface area contributed by atoms with E-state index in [9.17, 15) is 10.1 Å². The van der Waals surface area contributed by atoms with Crippen molar-refractivity contribution < 1.29 is 4.92 Å². The van der Waals surface area contributed by atoms with Crippen molar-refractivity contribution in [3.05, 3.63) is 58.3 Å². The van der Waals surface area contributed by atoms with Crippen molar-refractivity contribution in [3.8, 4) is 0 Å². The van der Waals surface area contributed by atoms with Gasteiger partial charge in [-0.15, -0.1) is 12.4 Å². The summed E-state index contributed by atoms with van der Waals surface area (Å²) >= 11 is 0. The first-order valence-corrected chi connectivity index (χ1v) is 5.10. The number of hydrogen-bond donors (Lipinski definition) is 1. The van der Waals surface area contributed by atoms with Crippen molar-refractivity contribution in [3.63, 3.8) is 0 Å². The third-order valence-electron chi connectivity index (χ3n) is 2.30. The van der Waals surface area contributed by atoms with E-state index in [1.165, 1.54) is 12.3 Å². The molecule has 1 aromatic carbocycles. The molecule has 1 heterocycles. The maximum atomic E-state index is 10.8. The van der Waals surface area contributed by atoms with E-state index in [1.54, 1.807) is 6.07 Å². The van der Waals surface area contributed by atoms with Crippen LogP contribution in [0.15, 0.2) is 42.6 Å². The number of aromatic nitrogens is 1. The summed E-state index contributed by atoms with van der Waals surface area (Å²) in [5, 5.41) is 13.7. The molecule has 5 nitrogen and oxygen atoms in total. The normalized spacial score (nSPS) is 9.39. The molecule has 0 unspecified atom stereocenters. The number of benzene rings is 1. The molecule has 2 rings (SSSR count). The molecular formula is C12H12ClN3O2. The van der Waals surface area contributed by atoms with Gasteiger partial charge < -0.3 is 5.32 Å². The third kappa shape index (κ3) is 3.18. The number of hydrogen-bond acceptors (Lipinski definition) is 4. The van der Waals surface area contributed by atoms with Gasteiger partial charge in [-0.2, -0.15) is 0 Å². The summed E-state index contributed by atoms with van der Waals surface area (Å²) < 4.78 is 0. The Balaban J connectivity index is 0.00000162. The summed E-state index contributed by atoms with van der Waals surface area (Å²) in [7, 11) is 0. The number of aryl methyl sites for hydroxylation is 1. The number of nitro groups is 1. The monoisotopic (exact) mass is 265 g/mol. The molecule has 18 heavy (non-hydrogen) atoms. The Hall–Kier alpha value is -2.14. The van der Waals surface area contributed by atoms with Crippen LogP contribution in [0.5, 0.6) is 0 Å². The van der Waals surface area contributed by atoms with Crippen LogP contribution in [-0.4, -0.2) is 9.91 Å². The van der Waals surface area contributed by atoms with Crippen LogP contribution >= 0.6 is 12.4 Å². The van der Waals surface area contributed by atoms with Gasteiger partial charge in [0.2, 0.25) is 5.82 Å². The number of halogens is 1. The van der Waals surface area contributed by atoms with E-state index in [0.29, 0.717) is 0 Å². The van der Waals surface area contributed by atoms with E-state index >= 15 is 0 Å². The molecule has 0 fully saturated rings. The molecule has 2 aromatic rings. The highest BCUT2D eigenvalue weighted by atomic mass is 35.5. The lowest BCUT2D eigenvalue weighted by Crippen LogP contribution is -1.98. The molecule has 0 saturated heterocycles. The molecule has 1 N–H and O–H groups in total. The van der Waals surface area contributed by atoms with E-state index in [0.717, 1.165) is 11.3 Å². The predicted octanol–water partition coefficient (Wildman–Crippen LogP) is 3.46. The Morgan fingerprint density at radius 3 is 2.50 bits per heavy atom. The molecule has 0 atom stereocenters. The highest BCUT2D eigenvalue weighted by Crippen LogP contribution is 2.24. The second-order valence-corrected chi connectivity index (χ2v) is 3.62. The SMILES string of the molecule is Cc1ccc(Nc2ncccc2[N+](=O)[O-])cc1.Cl. The number of anilines is 2. The van der Waals surface area contributed by atoms with E-state index < -0.39 is 4.92 Å². The van der Waals surface area contributed by atoms with Crippen LogP contribution in [0.1, 0.15) is 5.56 Å². The fourth-order valence-corrected chi connectivity index (χ4v) is 1.41. The molecule has 0 saturated carbocycles. The van der Waals surface area contributed by atoms with Gasteiger partial charge in [-0.3, -0.25) is 10.1 Å². The highest BCUT2D eigenvalue weighted by molar-refractivity contribution is 5.85. The van der Waals surface area contributed by atoms with Crippen molar-refractivity contribution in [2.75, 3.05) is 5.32 Å². The number of nitrogens with one attached hydrogen (secondary N) is 1. The van der Waals surface area contributed by atoms with Crippen LogP contribution in [0.3, 0.4) is 0 Å². The molecule has 94 valence electrons. The quantitative estimate of drug-likeness (QED) is 0.682. The number of rotatable bonds is 3. The predicted molar refractivity (Wildman–Crippen MR) is 72.6 cm³/mol. The summed E-state index contributed by atoms with van der Waals surface area (Å²) in [5.74, 6) is 0.251. The molecule has 0 aliphatic heterocycles. The van der Waals surface area contributed by atoms with Gasteiger partial charge in [-0.1, -0.05) is 17.7 Å². The van der Waals surface area contributed by atoms with E-state index in [4.69, 9.17) is 0 Å². The molecular weight excluding hydrogens is 254 g/mol. The van der Waals surface area contributed by atoms with Crippen LogP contribution in [0.25, 0.3) is 0 Å². The average Bonchev–Trinajstić information content (AvgIpc) is 2.32. The first-order valence-electron chi connectivity index (χ1n) is 5.10. The lowest BCUT2D eigenvalue weighted by atomic mass is 10.2. The van der Waals surface area contributed by atoms with Gasteiger partial charge >= 0.3 is 5.69 Å². The minimum absolute atomic E-state index is 0. The Morgan fingerprint density at radius 1 is 1.22 bits per heavy atom. The molecule has 0 spiro atoms. The van der Waals surface area contributed by atoms with E-state index in [1.807, 2.05) is 31.2 Å². The van der Waals surface area contributed by atoms with Gasteiger partial charge in [0.15, 0.2) is 0 Å². The van der Waals surface area contributed by atoms with Crippen LogP contribution in [0, 0.1) is 17.0 Å². The van der Waals surface area contributed by atoms with Crippen molar-refractivity contribution >= 4 is 29.6 Å². The highest BCUT2D eigenvalue weighted by Gasteiger charge is 2.13. The molecule has 0 aliphatic carbocycles. The molecule has 0 bridgehead atoms. The van der Waals surface area contributed by atoms with Gasteiger partial charge in [0.25, 0.3) is 0 Å². The Morgan fingerprint density at radius 2 is 1.89 bits per heavy atom. The molecule has 0 amide bonds. The van der Waals surface area contributed by atoms with Crippen molar-refractivity contribution in [1.82, 2.24) is 4.98 Å². The molecule has 0 aliphatic rings. The van der Waals surface area contributed by atoms with E-state index in [2.05, 4.69) is 10.3 Å². The van der Waals surface area contributed by atoms with Crippen LogP contribution in [0.4, 0.5) is 17.2 Å². The second kappa shape index (κ2) is 5.97. The van der Waals surface area contributed by atoms with Crippen LogP contribution < -0.4 is 5.32 Å². The van der Waals surface area contributed by atoms with Crippen molar-refractivity contribution in [1.29, 1.82) is 0 Å². The summed E-state index contributed by atoms with van der Waals surface area (Å²) in [6.45, 7) is 1.98. The van der Waals surface area contributed by atoms with Gasteiger partial charge in [-0.25, -0.2) is 4.98 Å². The zero-order chi connectivity index (χ0) is 12.3. The standard InChI is InChI=1S/C12H11N3O2.ClH/c1-9-4-6-10(7-5-9)14-12-11(15(16)17)3-2-8-13-12;/h2-8H,1H3,(H,13,14);1H. The maximum Gasteiger partial charge on any atom is 0.311 e. The Labute approximate surface area is 110 Å². The minimum Gasteiger partial charge on any atom is -0.334 e. The molecule has 1 aromatic heterocycles. The topological polar surface area (TPSA) is 68.1 Å². The second-order valence-electron chi connectivity index (χ2n) is 3.62. The number of pyridine rings is 1. The Bertz CT molecular complexity index is 543. The van der Waals surface area contributed by atoms with Crippen molar-refractivity contribution in [2.24, 2.45) is 0 Å². The smallest absolute Gasteiger partial charge is 0.311 e. The molecule has 0 radical (unpaired) electrons. The average molecular weight is 266 g/mol. The van der Waals surface area contributed by atoms with Crippen LogP contribution in [0.2, 0.25) is 0 Å². The zero-order valence-electron chi connectivity index (χ0n) is 9.66. The summed E-state index contributed by atoms with van der Waals surface area (Å²) in [4.78, 5) is 14.3. The largest absolute Gasteiger partial charge is 0.334 e. The number of nitrogens with zero attached hydrogens (tertiary/aromatic N) is 2. The Kier molecular flexibility index (Phi) is 4.62. The van der Waals surface area contributed by atoms with Gasteiger partial charge in [0, 0.05) is 18.0 Å². The van der Waals surface area contributed by atoms with Gasteiger partial charge in [-0.05, 0) is 25.1 Å². The van der Waals surface area contributed by atoms with Gasteiger partial charge in [0.1, 0.15) is 0 Å². The summed E-state index contributed by atoms with van der Waals surface area (Å²) in [6, 6.07) is 10.5. The minimum atomic E-state index is -0.455.